The van der Waals surface area contributed by atoms with Crippen molar-refractivity contribution in [1.82, 2.24) is 10.3 Å². The fourth-order valence-corrected chi connectivity index (χ4v) is 1.23. The van der Waals surface area contributed by atoms with Gasteiger partial charge in [0.05, 0.1) is 6.04 Å². The highest BCUT2D eigenvalue weighted by Gasteiger charge is 2.11. The van der Waals surface area contributed by atoms with Crippen molar-refractivity contribution in [2.24, 2.45) is 5.73 Å². The summed E-state index contributed by atoms with van der Waals surface area (Å²) in [4.78, 5) is 15.4. The van der Waals surface area contributed by atoms with E-state index >= 15 is 0 Å². The molecule has 0 saturated carbocycles. The lowest BCUT2D eigenvalue weighted by Gasteiger charge is -2.10. The van der Waals surface area contributed by atoms with E-state index in [1.54, 1.807) is 12.4 Å². The van der Waals surface area contributed by atoms with Crippen LogP contribution in [0.1, 0.15) is 17.5 Å². The zero-order chi connectivity index (χ0) is 12.0. The second kappa shape index (κ2) is 5.89. The van der Waals surface area contributed by atoms with Crippen molar-refractivity contribution < 1.29 is 4.79 Å². The number of nitrogens with two attached hydrogens (primary N) is 1. The zero-order valence-electron chi connectivity index (χ0n) is 9.23. The summed E-state index contributed by atoms with van der Waals surface area (Å²) in [5.41, 5.74) is 7.62. The van der Waals surface area contributed by atoms with E-state index in [2.05, 4.69) is 16.2 Å². The monoisotopic (exact) mass is 217 g/mol. The molecule has 0 saturated heterocycles. The van der Waals surface area contributed by atoms with Gasteiger partial charge in [0.15, 0.2) is 0 Å². The van der Waals surface area contributed by atoms with Crippen molar-refractivity contribution in [2.45, 2.75) is 25.9 Å². The van der Waals surface area contributed by atoms with Gasteiger partial charge in [-0.3, -0.25) is 9.78 Å². The lowest BCUT2D eigenvalue weighted by molar-refractivity contribution is -0.122. The number of carbonyl (C=O) groups is 1. The van der Waals surface area contributed by atoms with Gasteiger partial charge in [0.1, 0.15) is 0 Å². The van der Waals surface area contributed by atoms with E-state index in [-0.39, 0.29) is 12.3 Å². The molecule has 0 radical (unpaired) electrons. The molecule has 16 heavy (non-hydrogen) atoms. The number of pyridine rings is 1. The van der Waals surface area contributed by atoms with Gasteiger partial charge in [-0.1, -0.05) is 0 Å². The van der Waals surface area contributed by atoms with Crippen molar-refractivity contribution in [2.75, 3.05) is 0 Å². The standard InChI is InChI=1S/C12H15N3O/c1-3-4-11(13)12(16)15-8-10-5-6-14-7-9(10)2/h1,5-7,11H,4,8,13H2,2H3,(H,15,16). The number of nitrogens with one attached hydrogen (secondary N) is 1. The summed E-state index contributed by atoms with van der Waals surface area (Å²) in [5.74, 6) is 2.13. The first-order valence-electron chi connectivity index (χ1n) is 5.01. The summed E-state index contributed by atoms with van der Waals surface area (Å²) in [6.45, 7) is 2.39. The molecule has 3 N–H and O–H groups in total. The first-order valence-corrected chi connectivity index (χ1v) is 5.01. The van der Waals surface area contributed by atoms with E-state index in [0.29, 0.717) is 6.54 Å². The fraction of sp³-hybridized carbons (Fsp3) is 0.333. The Hall–Kier alpha value is -1.86. The van der Waals surface area contributed by atoms with E-state index in [4.69, 9.17) is 12.2 Å². The van der Waals surface area contributed by atoms with Crippen LogP contribution in [0.25, 0.3) is 0 Å². The highest BCUT2D eigenvalue weighted by Crippen LogP contribution is 2.04. The van der Waals surface area contributed by atoms with E-state index in [1.165, 1.54) is 0 Å². The molecule has 0 aliphatic heterocycles. The van der Waals surface area contributed by atoms with Crippen LogP contribution in [0, 0.1) is 19.3 Å². The van der Waals surface area contributed by atoms with Gasteiger partial charge in [0.2, 0.25) is 5.91 Å². The van der Waals surface area contributed by atoms with E-state index in [0.717, 1.165) is 11.1 Å². The van der Waals surface area contributed by atoms with Crippen LogP contribution in [-0.2, 0) is 11.3 Å². The minimum absolute atomic E-state index is 0.228. The van der Waals surface area contributed by atoms with Gasteiger partial charge in [0.25, 0.3) is 0 Å². The van der Waals surface area contributed by atoms with Crippen LogP contribution in [0.15, 0.2) is 18.5 Å². The Balaban J connectivity index is 2.50. The topological polar surface area (TPSA) is 68.0 Å². The van der Waals surface area contributed by atoms with Crippen molar-refractivity contribution in [1.29, 1.82) is 0 Å². The molecule has 84 valence electrons. The molecule has 4 heteroatoms. The average molecular weight is 217 g/mol. The molecule has 0 bridgehead atoms. The van der Waals surface area contributed by atoms with Crippen LogP contribution in [-0.4, -0.2) is 16.9 Å². The van der Waals surface area contributed by atoms with Crippen LogP contribution >= 0.6 is 0 Å². The molecule has 1 aromatic rings. The largest absolute Gasteiger partial charge is 0.351 e. The predicted octanol–water partition coefficient (Wildman–Crippen LogP) is 0.357. The van der Waals surface area contributed by atoms with Crippen LogP contribution in [0.4, 0.5) is 0 Å². The van der Waals surface area contributed by atoms with Crippen molar-refractivity contribution >= 4 is 5.91 Å². The van der Waals surface area contributed by atoms with Gasteiger partial charge < -0.3 is 11.1 Å². The Morgan fingerprint density at radius 2 is 2.50 bits per heavy atom. The zero-order valence-corrected chi connectivity index (χ0v) is 9.23. The van der Waals surface area contributed by atoms with Crippen LogP contribution in [0.2, 0.25) is 0 Å². The van der Waals surface area contributed by atoms with Gasteiger partial charge >= 0.3 is 0 Å². The molecule has 0 fully saturated rings. The SMILES string of the molecule is C#CCC(N)C(=O)NCc1ccncc1C. The molecule has 1 unspecified atom stereocenters. The molecule has 1 rings (SSSR count). The third-order valence-corrected chi connectivity index (χ3v) is 2.26. The second-order valence-electron chi connectivity index (χ2n) is 3.53. The molecule has 1 amide bonds. The Labute approximate surface area is 95.3 Å². The molecule has 1 heterocycles. The molecular formula is C12H15N3O. The first kappa shape index (κ1) is 12.2. The number of aromatic nitrogens is 1. The molecule has 0 spiro atoms. The van der Waals surface area contributed by atoms with Crippen LogP contribution in [0.3, 0.4) is 0 Å². The minimum atomic E-state index is -0.632. The molecule has 1 aromatic heterocycles. The molecule has 0 aliphatic carbocycles. The maximum absolute atomic E-state index is 11.5. The normalized spacial score (nSPS) is 11.6. The molecule has 0 aromatic carbocycles. The lowest BCUT2D eigenvalue weighted by atomic mass is 10.1. The van der Waals surface area contributed by atoms with Crippen molar-refractivity contribution in [3.63, 3.8) is 0 Å². The summed E-state index contributed by atoms with van der Waals surface area (Å²) in [7, 11) is 0. The van der Waals surface area contributed by atoms with Crippen LogP contribution in [0.5, 0.6) is 0 Å². The fourth-order valence-electron chi connectivity index (χ4n) is 1.23. The molecule has 1 atom stereocenters. The number of hydrogen-bond donors (Lipinski definition) is 2. The number of carbonyl (C=O) groups excluding carboxylic acids is 1. The van der Waals surface area contributed by atoms with Gasteiger partial charge in [-0.25, -0.2) is 0 Å². The Morgan fingerprint density at radius 3 is 3.12 bits per heavy atom. The number of terminal acetylenes is 1. The summed E-state index contributed by atoms with van der Waals surface area (Å²) in [6, 6.07) is 1.23. The summed E-state index contributed by atoms with van der Waals surface area (Å²) >= 11 is 0. The van der Waals surface area contributed by atoms with Crippen LogP contribution < -0.4 is 11.1 Å². The Morgan fingerprint density at radius 1 is 1.75 bits per heavy atom. The number of aryl methyl sites for hydroxylation is 1. The maximum atomic E-state index is 11.5. The van der Waals surface area contributed by atoms with Gasteiger partial charge in [-0.05, 0) is 24.1 Å². The van der Waals surface area contributed by atoms with Crippen molar-refractivity contribution in [3.8, 4) is 12.3 Å². The van der Waals surface area contributed by atoms with E-state index in [9.17, 15) is 4.79 Å². The third-order valence-electron chi connectivity index (χ3n) is 2.26. The Bertz CT molecular complexity index is 409. The summed E-state index contributed by atoms with van der Waals surface area (Å²) in [5, 5.41) is 2.74. The molecule has 4 nitrogen and oxygen atoms in total. The lowest BCUT2D eigenvalue weighted by Crippen LogP contribution is -2.40. The van der Waals surface area contributed by atoms with Gasteiger partial charge in [-0.15, -0.1) is 12.3 Å². The van der Waals surface area contributed by atoms with E-state index < -0.39 is 6.04 Å². The number of rotatable bonds is 4. The van der Waals surface area contributed by atoms with Gasteiger partial charge in [0, 0.05) is 25.4 Å². The quantitative estimate of drug-likeness (QED) is 0.715. The first-order chi connectivity index (χ1) is 7.65. The number of amides is 1. The third kappa shape index (κ3) is 3.37. The highest BCUT2D eigenvalue weighted by atomic mass is 16.2. The maximum Gasteiger partial charge on any atom is 0.238 e. The van der Waals surface area contributed by atoms with Gasteiger partial charge in [-0.2, -0.15) is 0 Å². The summed E-state index contributed by atoms with van der Waals surface area (Å²) in [6.07, 6.45) is 8.77. The van der Waals surface area contributed by atoms with E-state index in [1.807, 2.05) is 13.0 Å². The minimum Gasteiger partial charge on any atom is -0.351 e. The average Bonchev–Trinajstić information content (AvgIpc) is 2.28. The van der Waals surface area contributed by atoms with Crippen molar-refractivity contribution in [3.05, 3.63) is 29.6 Å². The smallest absolute Gasteiger partial charge is 0.238 e. The number of nitrogens with zero attached hydrogens (tertiary/aromatic N) is 1. The molecule has 0 aliphatic rings. The number of hydrogen-bond acceptors (Lipinski definition) is 3. The summed E-state index contributed by atoms with van der Waals surface area (Å²) < 4.78 is 0. The predicted molar refractivity (Wildman–Crippen MR) is 62.2 cm³/mol. The Kier molecular flexibility index (Phi) is 4.49. The molecular weight excluding hydrogens is 202 g/mol. The highest BCUT2D eigenvalue weighted by molar-refractivity contribution is 5.81. The second-order valence-corrected chi connectivity index (χ2v) is 3.53.